The van der Waals surface area contributed by atoms with Gasteiger partial charge in [-0.15, -0.1) is 0 Å². The van der Waals surface area contributed by atoms with Gasteiger partial charge < -0.3 is 19.5 Å². The number of benzene rings is 2. The van der Waals surface area contributed by atoms with Crippen LogP contribution in [0.1, 0.15) is 12.0 Å². The van der Waals surface area contributed by atoms with Crippen LogP contribution < -0.4 is 19.5 Å². The van der Waals surface area contributed by atoms with Crippen LogP contribution >= 0.6 is 0 Å². The molecule has 2 aromatic carbocycles. The molecule has 5 nitrogen and oxygen atoms in total. The van der Waals surface area contributed by atoms with Crippen molar-refractivity contribution in [2.24, 2.45) is 0 Å². The fraction of sp³-hybridized carbons (Fsp3) is 0.316. The minimum absolute atomic E-state index is 0.149. The largest absolute Gasteiger partial charge is 0.496 e. The molecule has 2 aromatic rings. The van der Waals surface area contributed by atoms with Crippen molar-refractivity contribution in [1.29, 1.82) is 0 Å². The standard InChI is InChI=1S/C19H21NO4/c1-22-15-9-3-2-7-14(15)8-6-12-20-19(21)18-13-23-16-10-4-5-11-17(16)24-18/h2-5,7,9-11,18H,6,8,12-13H2,1H3,(H,20,21)/t18-/m1/s1. The lowest BCUT2D eigenvalue weighted by atomic mass is 10.1. The number of aryl methyl sites for hydroxylation is 1. The van der Waals surface area contributed by atoms with Crippen LogP contribution in [0.5, 0.6) is 17.2 Å². The Morgan fingerprint density at radius 1 is 1.17 bits per heavy atom. The third-order valence-corrected chi connectivity index (χ3v) is 3.92. The van der Waals surface area contributed by atoms with Crippen LogP contribution in [0.25, 0.3) is 0 Å². The number of carbonyl (C=O) groups is 1. The number of carbonyl (C=O) groups excluding carboxylic acids is 1. The van der Waals surface area contributed by atoms with Gasteiger partial charge in [0.15, 0.2) is 11.5 Å². The van der Waals surface area contributed by atoms with E-state index >= 15 is 0 Å². The van der Waals surface area contributed by atoms with E-state index in [9.17, 15) is 4.79 Å². The highest BCUT2D eigenvalue weighted by molar-refractivity contribution is 5.81. The summed E-state index contributed by atoms with van der Waals surface area (Å²) in [6.45, 7) is 0.813. The summed E-state index contributed by atoms with van der Waals surface area (Å²) in [5, 5.41) is 2.91. The molecule has 0 aliphatic carbocycles. The van der Waals surface area contributed by atoms with Gasteiger partial charge in [0.2, 0.25) is 6.10 Å². The van der Waals surface area contributed by atoms with Crippen molar-refractivity contribution in [3.05, 3.63) is 54.1 Å². The third kappa shape index (κ3) is 3.79. The molecule has 1 N–H and O–H groups in total. The van der Waals surface area contributed by atoms with Gasteiger partial charge in [0.25, 0.3) is 5.91 Å². The average Bonchev–Trinajstić information content (AvgIpc) is 2.65. The van der Waals surface area contributed by atoms with E-state index in [1.807, 2.05) is 42.5 Å². The van der Waals surface area contributed by atoms with Gasteiger partial charge in [-0.2, -0.15) is 0 Å². The lowest BCUT2D eigenvalue weighted by Gasteiger charge is -2.25. The Balaban J connectivity index is 1.45. The van der Waals surface area contributed by atoms with Crippen LogP contribution in [0.2, 0.25) is 0 Å². The summed E-state index contributed by atoms with van der Waals surface area (Å²) in [4.78, 5) is 12.2. The summed E-state index contributed by atoms with van der Waals surface area (Å²) in [5.74, 6) is 2.02. The fourth-order valence-corrected chi connectivity index (χ4v) is 2.66. The fourth-order valence-electron chi connectivity index (χ4n) is 2.66. The number of methoxy groups -OCH3 is 1. The van der Waals surface area contributed by atoms with Crippen molar-refractivity contribution >= 4 is 5.91 Å². The molecule has 1 atom stereocenters. The summed E-state index contributed by atoms with van der Waals surface area (Å²) in [5.41, 5.74) is 1.14. The van der Waals surface area contributed by atoms with E-state index in [0.29, 0.717) is 18.0 Å². The van der Waals surface area contributed by atoms with Crippen LogP contribution in [0.3, 0.4) is 0 Å². The zero-order valence-electron chi connectivity index (χ0n) is 13.7. The lowest BCUT2D eigenvalue weighted by molar-refractivity contribution is -0.130. The van der Waals surface area contributed by atoms with Crippen molar-refractivity contribution in [1.82, 2.24) is 5.32 Å². The topological polar surface area (TPSA) is 56.8 Å². The number of para-hydroxylation sites is 3. The highest BCUT2D eigenvalue weighted by Gasteiger charge is 2.26. The zero-order valence-corrected chi connectivity index (χ0v) is 13.7. The van der Waals surface area contributed by atoms with Gasteiger partial charge in [-0.25, -0.2) is 0 Å². The zero-order chi connectivity index (χ0) is 16.8. The highest BCUT2D eigenvalue weighted by Crippen LogP contribution is 2.30. The molecule has 0 radical (unpaired) electrons. The second-order valence-electron chi connectivity index (χ2n) is 5.57. The molecule has 0 saturated heterocycles. The molecule has 1 heterocycles. The molecule has 5 heteroatoms. The van der Waals surface area contributed by atoms with E-state index in [2.05, 4.69) is 5.32 Å². The molecule has 0 fully saturated rings. The normalized spacial score (nSPS) is 15.6. The Morgan fingerprint density at radius 3 is 2.75 bits per heavy atom. The molecular formula is C19H21NO4. The summed E-state index contributed by atoms with van der Waals surface area (Å²) in [7, 11) is 1.67. The Kier molecular flexibility index (Phi) is 5.21. The summed E-state index contributed by atoms with van der Waals surface area (Å²) >= 11 is 0. The van der Waals surface area contributed by atoms with Gasteiger partial charge >= 0.3 is 0 Å². The molecule has 126 valence electrons. The Labute approximate surface area is 141 Å². The van der Waals surface area contributed by atoms with Gasteiger partial charge in [0.05, 0.1) is 7.11 Å². The Morgan fingerprint density at radius 2 is 1.92 bits per heavy atom. The number of rotatable bonds is 6. The quantitative estimate of drug-likeness (QED) is 0.829. The predicted molar refractivity (Wildman–Crippen MR) is 90.7 cm³/mol. The van der Waals surface area contributed by atoms with Crippen molar-refractivity contribution in [3.63, 3.8) is 0 Å². The maximum Gasteiger partial charge on any atom is 0.264 e. The predicted octanol–water partition coefficient (Wildman–Crippen LogP) is 2.58. The molecule has 1 amide bonds. The number of ether oxygens (including phenoxy) is 3. The Bertz CT molecular complexity index is 701. The number of nitrogens with one attached hydrogen (secondary N) is 1. The van der Waals surface area contributed by atoms with E-state index in [1.165, 1.54) is 0 Å². The molecule has 0 saturated carbocycles. The van der Waals surface area contributed by atoms with Gasteiger partial charge in [-0.3, -0.25) is 4.79 Å². The summed E-state index contributed by atoms with van der Waals surface area (Å²) in [6, 6.07) is 15.3. The first kappa shape index (κ1) is 16.2. The molecule has 24 heavy (non-hydrogen) atoms. The van der Waals surface area contributed by atoms with Crippen LogP contribution in [-0.4, -0.2) is 32.3 Å². The monoisotopic (exact) mass is 327 g/mol. The van der Waals surface area contributed by atoms with Crippen LogP contribution in [0.4, 0.5) is 0 Å². The van der Waals surface area contributed by atoms with Gasteiger partial charge in [0, 0.05) is 6.54 Å². The number of fused-ring (bicyclic) bond motifs is 1. The van der Waals surface area contributed by atoms with Crippen molar-refractivity contribution in [2.75, 3.05) is 20.3 Å². The van der Waals surface area contributed by atoms with E-state index in [4.69, 9.17) is 14.2 Å². The average molecular weight is 327 g/mol. The molecule has 0 bridgehead atoms. The van der Waals surface area contributed by atoms with Crippen molar-refractivity contribution in [2.45, 2.75) is 18.9 Å². The summed E-state index contributed by atoms with van der Waals surface area (Å²) < 4.78 is 16.6. The van der Waals surface area contributed by atoms with Crippen molar-refractivity contribution in [3.8, 4) is 17.2 Å². The smallest absolute Gasteiger partial charge is 0.264 e. The molecule has 0 unspecified atom stereocenters. The minimum Gasteiger partial charge on any atom is -0.496 e. The van der Waals surface area contributed by atoms with Crippen molar-refractivity contribution < 1.29 is 19.0 Å². The van der Waals surface area contributed by atoms with E-state index in [1.54, 1.807) is 13.2 Å². The van der Waals surface area contributed by atoms with Gasteiger partial charge in [0.1, 0.15) is 12.4 Å². The summed E-state index contributed by atoms with van der Waals surface area (Å²) in [6.07, 6.45) is 1.07. The first-order valence-corrected chi connectivity index (χ1v) is 8.06. The second-order valence-corrected chi connectivity index (χ2v) is 5.57. The third-order valence-electron chi connectivity index (χ3n) is 3.92. The van der Waals surface area contributed by atoms with E-state index < -0.39 is 6.10 Å². The van der Waals surface area contributed by atoms with Gasteiger partial charge in [-0.1, -0.05) is 30.3 Å². The number of hydrogen-bond donors (Lipinski definition) is 1. The SMILES string of the molecule is COc1ccccc1CCCNC(=O)[C@H]1COc2ccccc2O1. The molecular weight excluding hydrogens is 306 g/mol. The van der Waals surface area contributed by atoms with Crippen LogP contribution in [-0.2, 0) is 11.2 Å². The number of amides is 1. The minimum atomic E-state index is -0.605. The van der Waals surface area contributed by atoms with Crippen LogP contribution in [0.15, 0.2) is 48.5 Å². The molecule has 1 aliphatic rings. The molecule has 0 spiro atoms. The van der Waals surface area contributed by atoms with Crippen LogP contribution in [0, 0.1) is 0 Å². The molecule has 0 aromatic heterocycles. The maximum atomic E-state index is 12.2. The second kappa shape index (κ2) is 7.73. The number of hydrogen-bond acceptors (Lipinski definition) is 4. The first-order chi connectivity index (χ1) is 11.8. The maximum absolute atomic E-state index is 12.2. The Hall–Kier alpha value is -2.69. The van der Waals surface area contributed by atoms with Gasteiger partial charge in [-0.05, 0) is 36.6 Å². The molecule has 3 rings (SSSR count). The van der Waals surface area contributed by atoms with E-state index in [-0.39, 0.29) is 12.5 Å². The molecule has 1 aliphatic heterocycles. The highest BCUT2D eigenvalue weighted by atomic mass is 16.6. The van der Waals surface area contributed by atoms with E-state index in [0.717, 1.165) is 24.2 Å². The lowest BCUT2D eigenvalue weighted by Crippen LogP contribution is -2.44. The first-order valence-electron chi connectivity index (χ1n) is 8.06.